The van der Waals surface area contributed by atoms with E-state index in [1.807, 2.05) is 38.1 Å². The van der Waals surface area contributed by atoms with Gasteiger partial charge in [0.15, 0.2) is 0 Å². The Morgan fingerprint density at radius 1 is 1.27 bits per heavy atom. The van der Waals surface area contributed by atoms with Gasteiger partial charge in [0.25, 0.3) is 0 Å². The first-order valence-electron chi connectivity index (χ1n) is 9.33. The quantitative estimate of drug-likeness (QED) is 0.446. The molecule has 6 heteroatoms. The van der Waals surface area contributed by atoms with Crippen molar-refractivity contribution in [3.05, 3.63) is 34.9 Å². The zero-order valence-electron chi connectivity index (χ0n) is 15.7. The molecule has 2 rings (SSSR count). The van der Waals surface area contributed by atoms with Crippen LogP contribution < -0.4 is 0 Å². The van der Waals surface area contributed by atoms with Crippen LogP contribution in [0.2, 0.25) is 5.02 Å². The topological polar surface area (TPSA) is 46.6 Å². The summed E-state index contributed by atoms with van der Waals surface area (Å²) in [6.07, 6.45) is 4.37. The summed E-state index contributed by atoms with van der Waals surface area (Å²) in [5.74, 6) is 0.202. The lowest BCUT2D eigenvalue weighted by atomic mass is 10.1. The maximum Gasteiger partial charge on any atom is 0.330 e. The molecule has 1 aromatic rings. The lowest BCUT2D eigenvalue weighted by molar-refractivity contribution is -0.157. The molecular formula is C20H28ClNO3S. The largest absolute Gasteiger partial charge is 0.461 e. The first-order valence-corrected chi connectivity index (χ1v) is 10.8. The van der Waals surface area contributed by atoms with Gasteiger partial charge in [-0.15, -0.1) is 11.8 Å². The molecule has 144 valence electrons. The van der Waals surface area contributed by atoms with E-state index in [9.17, 15) is 9.59 Å². The average molecular weight is 398 g/mol. The number of nitrogens with zero attached hydrogens (tertiary/aromatic N) is 1. The summed E-state index contributed by atoms with van der Waals surface area (Å²) in [4.78, 5) is 27.2. The molecule has 0 radical (unpaired) electrons. The van der Waals surface area contributed by atoms with Crippen LogP contribution in [-0.2, 0) is 14.3 Å². The van der Waals surface area contributed by atoms with Crippen molar-refractivity contribution in [2.45, 2.75) is 70.4 Å². The number of carbonyl (C=O) groups excluding carboxylic acids is 2. The number of esters is 1. The van der Waals surface area contributed by atoms with Crippen molar-refractivity contribution in [3.8, 4) is 0 Å². The average Bonchev–Trinajstić information content (AvgIpc) is 3.03. The maximum absolute atomic E-state index is 13.0. The fourth-order valence-corrected chi connectivity index (χ4v) is 4.83. The number of hydrogen-bond acceptors (Lipinski definition) is 4. The number of amides is 1. The third kappa shape index (κ3) is 5.40. The lowest BCUT2D eigenvalue weighted by Gasteiger charge is -2.29. The van der Waals surface area contributed by atoms with Crippen LogP contribution in [-0.4, -0.2) is 34.7 Å². The molecule has 0 unspecified atom stereocenters. The summed E-state index contributed by atoms with van der Waals surface area (Å²) in [5.41, 5.74) is 0.876. The fourth-order valence-electron chi connectivity index (χ4n) is 3.05. The maximum atomic E-state index is 13.0. The number of rotatable bonds is 8. The number of ether oxygens (including phenoxy) is 1. The van der Waals surface area contributed by atoms with Gasteiger partial charge in [-0.2, -0.15) is 0 Å². The molecule has 0 saturated carbocycles. The number of unbranched alkanes of at least 4 members (excludes halogenated alkanes) is 3. The summed E-state index contributed by atoms with van der Waals surface area (Å²) in [6.45, 7) is 5.79. The Balaban J connectivity index is 2.20. The lowest BCUT2D eigenvalue weighted by Crippen LogP contribution is -2.44. The van der Waals surface area contributed by atoms with E-state index in [-0.39, 0.29) is 23.4 Å². The van der Waals surface area contributed by atoms with Crippen LogP contribution >= 0.6 is 23.4 Å². The highest BCUT2D eigenvalue weighted by molar-refractivity contribution is 7.99. The first kappa shape index (κ1) is 21.1. The van der Waals surface area contributed by atoms with E-state index in [1.54, 1.807) is 16.7 Å². The van der Waals surface area contributed by atoms with Crippen LogP contribution in [0, 0.1) is 0 Å². The normalized spacial score (nSPS) is 19.8. The number of benzene rings is 1. The summed E-state index contributed by atoms with van der Waals surface area (Å²) >= 11 is 7.94. The van der Waals surface area contributed by atoms with E-state index in [0.29, 0.717) is 17.2 Å². The summed E-state index contributed by atoms with van der Waals surface area (Å²) in [5, 5.41) is 0.374. The molecule has 0 spiro atoms. The minimum absolute atomic E-state index is 0.00160. The van der Waals surface area contributed by atoms with Gasteiger partial charge < -0.3 is 9.64 Å². The Labute approximate surface area is 165 Å². The number of carbonyl (C=O) groups is 2. The number of halogens is 1. The molecule has 0 N–H and O–H groups in total. The molecule has 0 aliphatic carbocycles. The fraction of sp³-hybridized carbons (Fsp3) is 0.600. The Hall–Kier alpha value is -1.20. The van der Waals surface area contributed by atoms with Crippen LogP contribution in [0.4, 0.5) is 0 Å². The zero-order valence-corrected chi connectivity index (χ0v) is 17.3. The van der Waals surface area contributed by atoms with Crippen molar-refractivity contribution >= 4 is 35.2 Å². The van der Waals surface area contributed by atoms with Gasteiger partial charge in [0.05, 0.1) is 6.10 Å². The van der Waals surface area contributed by atoms with Gasteiger partial charge in [0.1, 0.15) is 11.4 Å². The third-order valence-electron chi connectivity index (χ3n) is 4.33. The van der Waals surface area contributed by atoms with Crippen LogP contribution in [0.25, 0.3) is 0 Å². The van der Waals surface area contributed by atoms with E-state index in [0.717, 1.165) is 31.2 Å². The molecule has 1 aromatic carbocycles. The second-order valence-corrected chi connectivity index (χ2v) is 8.34. The molecule has 4 nitrogen and oxygen atoms in total. The molecule has 1 fully saturated rings. The molecule has 1 heterocycles. The number of hydrogen-bond donors (Lipinski definition) is 0. The standard InChI is InChI=1S/C20H28ClNO3S/c1-4-5-6-7-12-18(23)22-17(20(24)25-14(2)3)13-26-19(22)15-10-8-9-11-16(15)21/h8-11,14,17,19H,4-7,12-13H2,1-3H3/t17-,19-/m0/s1. The zero-order chi connectivity index (χ0) is 19.1. The van der Waals surface area contributed by atoms with E-state index < -0.39 is 6.04 Å². The van der Waals surface area contributed by atoms with Gasteiger partial charge >= 0.3 is 5.97 Å². The Kier molecular flexibility index (Phi) is 8.29. The summed E-state index contributed by atoms with van der Waals surface area (Å²) in [7, 11) is 0. The molecule has 2 atom stereocenters. The Bertz CT molecular complexity index is 623. The van der Waals surface area contributed by atoms with Gasteiger partial charge in [0.2, 0.25) is 5.91 Å². The van der Waals surface area contributed by atoms with Gasteiger partial charge in [-0.3, -0.25) is 4.79 Å². The van der Waals surface area contributed by atoms with Crippen LogP contribution in [0.1, 0.15) is 63.8 Å². The van der Waals surface area contributed by atoms with Crippen molar-refractivity contribution in [2.24, 2.45) is 0 Å². The predicted molar refractivity (Wildman–Crippen MR) is 107 cm³/mol. The van der Waals surface area contributed by atoms with Crippen LogP contribution in [0.3, 0.4) is 0 Å². The highest BCUT2D eigenvalue weighted by Crippen LogP contribution is 2.44. The van der Waals surface area contributed by atoms with Crippen molar-refractivity contribution in [1.29, 1.82) is 0 Å². The number of thioether (sulfide) groups is 1. The molecule has 0 aromatic heterocycles. The van der Waals surface area contributed by atoms with Crippen LogP contribution in [0.15, 0.2) is 24.3 Å². The van der Waals surface area contributed by atoms with Crippen molar-refractivity contribution in [1.82, 2.24) is 4.90 Å². The molecule has 0 bridgehead atoms. The van der Waals surface area contributed by atoms with Crippen molar-refractivity contribution in [3.63, 3.8) is 0 Å². The van der Waals surface area contributed by atoms with Gasteiger partial charge in [-0.1, -0.05) is 56.0 Å². The minimum Gasteiger partial charge on any atom is -0.461 e. The first-order chi connectivity index (χ1) is 12.5. The smallest absolute Gasteiger partial charge is 0.330 e. The van der Waals surface area contributed by atoms with Gasteiger partial charge in [0, 0.05) is 22.8 Å². The van der Waals surface area contributed by atoms with E-state index in [2.05, 4.69) is 6.92 Å². The molecule has 26 heavy (non-hydrogen) atoms. The third-order valence-corrected chi connectivity index (χ3v) is 5.98. The molecule has 1 aliphatic heterocycles. The highest BCUT2D eigenvalue weighted by atomic mass is 35.5. The molecular weight excluding hydrogens is 370 g/mol. The predicted octanol–water partition coefficient (Wildman–Crippen LogP) is 5.20. The molecule has 1 aliphatic rings. The second-order valence-electron chi connectivity index (χ2n) is 6.82. The monoisotopic (exact) mass is 397 g/mol. The van der Waals surface area contributed by atoms with Crippen LogP contribution in [0.5, 0.6) is 0 Å². The van der Waals surface area contributed by atoms with Crippen molar-refractivity contribution in [2.75, 3.05) is 5.75 Å². The van der Waals surface area contributed by atoms with E-state index >= 15 is 0 Å². The van der Waals surface area contributed by atoms with Gasteiger partial charge in [-0.05, 0) is 26.3 Å². The highest BCUT2D eigenvalue weighted by Gasteiger charge is 2.43. The van der Waals surface area contributed by atoms with Crippen molar-refractivity contribution < 1.29 is 14.3 Å². The summed E-state index contributed by atoms with van der Waals surface area (Å²) < 4.78 is 5.39. The van der Waals surface area contributed by atoms with E-state index in [1.165, 1.54) is 0 Å². The van der Waals surface area contributed by atoms with Gasteiger partial charge in [-0.25, -0.2) is 4.79 Å². The molecule has 1 saturated heterocycles. The minimum atomic E-state index is -0.553. The summed E-state index contributed by atoms with van der Waals surface area (Å²) in [6, 6.07) is 6.97. The SMILES string of the molecule is CCCCCCC(=O)N1[C@H](C(=O)OC(C)C)CS[C@H]1c1ccccc1Cl. The molecule has 1 amide bonds. The van der Waals surface area contributed by atoms with E-state index in [4.69, 9.17) is 16.3 Å². The Morgan fingerprint density at radius 2 is 2.00 bits per heavy atom. The second kappa shape index (κ2) is 10.2. The Morgan fingerprint density at radius 3 is 2.65 bits per heavy atom.